The van der Waals surface area contributed by atoms with Crippen molar-refractivity contribution in [3.05, 3.63) is 114 Å². The minimum absolute atomic E-state index is 0.0509. The van der Waals surface area contributed by atoms with Crippen LogP contribution in [-0.2, 0) is 20.0 Å². The van der Waals surface area contributed by atoms with Gasteiger partial charge in [0.25, 0.3) is 5.91 Å². The second-order valence-electron chi connectivity index (χ2n) is 8.50. The number of benzene rings is 3. The van der Waals surface area contributed by atoms with Crippen molar-refractivity contribution in [1.82, 2.24) is 14.5 Å². The fourth-order valence-corrected chi connectivity index (χ4v) is 4.45. The van der Waals surface area contributed by atoms with Crippen molar-refractivity contribution < 1.29 is 4.79 Å². The molecule has 164 valence electrons. The topological polar surface area (TPSA) is 38.1 Å². The molecule has 5 aromatic rings. The fourth-order valence-electron chi connectivity index (χ4n) is 4.45. The Hall–Kier alpha value is -3.92. The largest absolute Gasteiger partial charge is 0.340 e. The summed E-state index contributed by atoms with van der Waals surface area (Å²) < 4.78 is 2.00. The highest BCUT2D eigenvalue weighted by molar-refractivity contribution is 5.98. The summed E-state index contributed by atoms with van der Waals surface area (Å²) in [5, 5.41) is 2.18. The van der Waals surface area contributed by atoms with Crippen LogP contribution in [0, 0.1) is 0 Å². The third-order valence-electron chi connectivity index (χ3n) is 6.21. The van der Waals surface area contributed by atoms with E-state index in [9.17, 15) is 4.79 Å². The number of rotatable bonds is 7. The van der Waals surface area contributed by atoms with Crippen LogP contribution in [0.2, 0.25) is 0 Å². The molecule has 2 heterocycles. The molecule has 0 fully saturated rings. The zero-order valence-corrected chi connectivity index (χ0v) is 18.8. The highest BCUT2D eigenvalue weighted by Gasteiger charge is 2.20. The number of hydrogen-bond acceptors (Lipinski definition) is 2. The number of pyridine rings is 1. The first-order chi connectivity index (χ1) is 16.2. The number of aryl methyl sites for hydroxylation is 2. The van der Waals surface area contributed by atoms with Crippen LogP contribution in [0.3, 0.4) is 0 Å². The standard InChI is InChI=1S/C29H27N3O/c1-31-27-16-8-6-14-25(27)19-28(31)29(33)32(17-9-12-22-10-3-2-4-11-22)21-23-18-24-13-5-7-15-26(24)30-20-23/h2-8,10-11,13-16,18-20H,9,12,17,21H2,1H3. The first kappa shape index (κ1) is 21.0. The second kappa shape index (κ2) is 9.29. The van der Waals surface area contributed by atoms with Gasteiger partial charge in [0.15, 0.2) is 0 Å². The van der Waals surface area contributed by atoms with Crippen LogP contribution in [0.1, 0.15) is 28.0 Å². The minimum atomic E-state index is 0.0509. The van der Waals surface area contributed by atoms with Gasteiger partial charge in [-0.1, -0.05) is 66.7 Å². The first-order valence-corrected chi connectivity index (χ1v) is 11.4. The van der Waals surface area contributed by atoms with Gasteiger partial charge in [0.1, 0.15) is 5.69 Å². The van der Waals surface area contributed by atoms with Crippen LogP contribution in [0.15, 0.2) is 97.2 Å². The first-order valence-electron chi connectivity index (χ1n) is 11.4. The monoisotopic (exact) mass is 433 g/mol. The Morgan fingerprint density at radius 3 is 2.39 bits per heavy atom. The Balaban J connectivity index is 1.42. The van der Waals surface area contributed by atoms with Gasteiger partial charge in [-0.15, -0.1) is 0 Å². The van der Waals surface area contributed by atoms with Crippen molar-refractivity contribution >= 4 is 27.7 Å². The summed E-state index contributed by atoms with van der Waals surface area (Å²) in [6.07, 6.45) is 3.73. The van der Waals surface area contributed by atoms with Gasteiger partial charge >= 0.3 is 0 Å². The lowest BCUT2D eigenvalue weighted by Crippen LogP contribution is -2.33. The molecule has 0 unspecified atom stereocenters. The smallest absolute Gasteiger partial charge is 0.270 e. The highest BCUT2D eigenvalue weighted by Crippen LogP contribution is 2.21. The van der Waals surface area contributed by atoms with E-state index in [1.54, 1.807) is 0 Å². The molecular formula is C29H27N3O. The molecule has 0 N–H and O–H groups in total. The van der Waals surface area contributed by atoms with Crippen molar-refractivity contribution in [3.63, 3.8) is 0 Å². The fraction of sp³-hybridized carbons (Fsp3) is 0.172. The van der Waals surface area contributed by atoms with Gasteiger partial charge in [0.2, 0.25) is 0 Å². The molecule has 0 radical (unpaired) electrons. The van der Waals surface area contributed by atoms with Crippen molar-refractivity contribution in [2.75, 3.05) is 6.54 Å². The number of carbonyl (C=O) groups excluding carboxylic acids is 1. The van der Waals surface area contributed by atoms with E-state index >= 15 is 0 Å². The molecule has 5 rings (SSSR count). The maximum atomic E-state index is 13.7. The van der Waals surface area contributed by atoms with Crippen LogP contribution in [0.4, 0.5) is 0 Å². The summed E-state index contributed by atoms with van der Waals surface area (Å²) in [6, 6.07) is 30.8. The average Bonchev–Trinajstić information content (AvgIpc) is 3.20. The molecule has 0 aliphatic heterocycles. The lowest BCUT2D eigenvalue weighted by Gasteiger charge is -2.23. The van der Waals surface area contributed by atoms with E-state index in [2.05, 4.69) is 53.5 Å². The molecule has 3 aromatic carbocycles. The molecule has 0 bridgehead atoms. The summed E-state index contributed by atoms with van der Waals surface area (Å²) in [5.41, 5.74) is 5.08. The summed E-state index contributed by atoms with van der Waals surface area (Å²) in [7, 11) is 1.97. The van der Waals surface area contributed by atoms with E-state index in [4.69, 9.17) is 0 Å². The molecule has 0 aliphatic carbocycles. The number of hydrogen-bond donors (Lipinski definition) is 0. The molecule has 33 heavy (non-hydrogen) atoms. The van der Waals surface area contributed by atoms with E-state index in [0.717, 1.165) is 40.2 Å². The van der Waals surface area contributed by atoms with E-state index in [-0.39, 0.29) is 5.91 Å². The number of nitrogens with zero attached hydrogens (tertiary/aromatic N) is 3. The summed E-state index contributed by atoms with van der Waals surface area (Å²) in [4.78, 5) is 20.3. The lowest BCUT2D eigenvalue weighted by atomic mass is 10.1. The van der Waals surface area contributed by atoms with Crippen molar-refractivity contribution in [2.24, 2.45) is 7.05 Å². The van der Waals surface area contributed by atoms with Crippen LogP contribution in [0.5, 0.6) is 0 Å². The quantitative estimate of drug-likeness (QED) is 0.316. The molecular weight excluding hydrogens is 406 g/mol. The van der Waals surface area contributed by atoms with Gasteiger partial charge in [-0.25, -0.2) is 0 Å². The predicted molar refractivity (Wildman–Crippen MR) is 134 cm³/mol. The molecule has 4 heteroatoms. The van der Waals surface area contributed by atoms with Crippen molar-refractivity contribution in [2.45, 2.75) is 19.4 Å². The Morgan fingerprint density at radius 2 is 1.58 bits per heavy atom. The van der Waals surface area contributed by atoms with E-state index in [0.29, 0.717) is 18.8 Å². The molecule has 4 nitrogen and oxygen atoms in total. The van der Waals surface area contributed by atoms with Crippen molar-refractivity contribution in [3.8, 4) is 0 Å². The van der Waals surface area contributed by atoms with Crippen LogP contribution in [-0.4, -0.2) is 26.9 Å². The Kier molecular flexibility index (Phi) is 5.90. The summed E-state index contributed by atoms with van der Waals surface area (Å²) >= 11 is 0. The number of aromatic nitrogens is 2. The zero-order valence-electron chi connectivity index (χ0n) is 18.8. The highest BCUT2D eigenvalue weighted by atomic mass is 16.2. The molecule has 0 aliphatic rings. The van der Waals surface area contributed by atoms with Crippen molar-refractivity contribution in [1.29, 1.82) is 0 Å². The summed E-state index contributed by atoms with van der Waals surface area (Å²) in [5.74, 6) is 0.0509. The van der Waals surface area contributed by atoms with Gasteiger partial charge in [0.05, 0.1) is 5.52 Å². The minimum Gasteiger partial charge on any atom is -0.340 e. The second-order valence-corrected chi connectivity index (χ2v) is 8.50. The SMILES string of the molecule is Cn1c(C(=O)N(CCCc2ccccc2)Cc2cnc3ccccc3c2)cc2ccccc21. The number of amides is 1. The molecule has 0 spiro atoms. The maximum absolute atomic E-state index is 13.7. The molecule has 2 aromatic heterocycles. The van der Waals surface area contributed by atoms with Gasteiger partial charge in [0, 0.05) is 42.6 Å². The molecule has 0 saturated carbocycles. The lowest BCUT2D eigenvalue weighted by molar-refractivity contribution is 0.0732. The molecule has 1 amide bonds. The van der Waals surface area contributed by atoms with E-state index in [1.807, 2.05) is 65.2 Å². The van der Waals surface area contributed by atoms with Crippen LogP contribution in [0.25, 0.3) is 21.8 Å². The predicted octanol–water partition coefficient (Wildman–Crippen LogP) is 6.00. The normalized spacial score (nSPS) is 11.2. The third-order valence-corrected chi connectivity index (χ3v) is 6.21. The number of para-hydroxylation sites is 2. The van der Waals surface area contributed by atoms with Crippen LogP contribution >= 0.6 is 0 Å². The Labute approximate surface area is 194 Å². The zero-order chi connectivity index (χ0) is 22.6. The van der Waals surface area contributed by atoms with Gasteiger partial charge in [-0.2, -0.15) is 0 Å². The maximum Gasteiger partial charge on any atom is 0.270 e. The van der Waals surface area contributed by atoms with E-state index in [1.165, 1.54) is 5.56 Å². The number of fused-ring (bicyclic) bond motifs is 2. The van der Waals surface area contributed by atoms with Gasteiger partial charge in [-0.3, -0.25) is 9.78 Å². The third kappa shape index (κ3) is 4.51. The number of carbonyl (C=O) groups is 1. The molecule has 0 saturated heterocycles. The Bertz CT molecular complexity index is 1400. The van der Waals surface area contributed by atoms with Gasteiger partial charge < -0.3 is 9.47 Å². The van der Waals surface area contributed by atoms with E-state index < -0.39 is 0 Å². The van der Waals surface area contributed by atoms with Gasteiger partial charge in [-0.05, 0) is 48.2 Å². The Morgan fingerprint density at radius 1 is 0.848 bits per heavy atom. The molecule has 0 atom stereocenters. The van der Waals surface area contributed by atoms with Crippen LogP contribution < -0.4 is 0 Å². The average molecular weight is 434 g/mol. The summed E-state index contributed by atoms with van der Waals surface area (Å²) in [6.45, 7) is 1.22.